The molecule has 0 atom stereocenters. The largest absolute Gasteiger partial charge is 0.492 e. The van der Waals surface area contributed by atoms with Gasteiger partial charge in [0.2, 0.25) is 5.91 Å². The number of carbonyl (C=O) groups excluding carboxylic acids is 1. The van der Waals surface area contributed by atoms with Crippen LogP contribution in [-0.2, 0) is 11.2 Å². The smallest absolute Gasteiger partial charge is 0.224 e. The van der Waals surface area contributed by atoms with E-state index in [4.69, 9.17) is 10.5 Å². The molecule has 0 saturated heterocycles. The number of carbonyl (C=O) groups is 1. The molecule has 1 aliphatic rings. The van der Waals surface area contributed by atoms with Gasteiger partial charge >= 0.3 is 0 Å². The van der Waals surface area contributed by atoms with Gasteiger partial charge in [-0.3, -0.25) is 4.79 Å². The lowest BCUT2D eigenvalue weighted by molar-refractivity contribution is -0.116. The number of ether oxygens (including phenoxy) is 1. The van der Waals surface area contributed by atoms with E-state index >= 15 is 0 Å². The summed E-state index contributed by atoms with van der Waals surface area (Å²) in [5.74, 6) is 0.899. The molecule has 4 heteroatoms. The van der Waals surface area contributed by atoms with Crippen molar-refractivity contribution in [3.8, 4) is 5.75 Å². The van der Waals surface area contributed by atoms with Crippen molar-refractivity contribution in [2.75, 3.05) is 18.5 Å². The van der Waals surface area contributed by atoms with Crippen LogP contribution in [0.2, 0.25) is 0 Å². The fraction of sp³-hybridized carbons (Fsp3) is 0.364. The number of hydrogen-bond acceptors (Lipinski definition) is 3. The Morgan fingerprint density at radius 1 is 1.40 bits per heavy atom. The van der Waals surface area contributed by atoms with E-state index in [1.807, 2.05) is 18.2 Å². The molecule has 4 nitrogen and oxygen atoms in total. The van der Waals surface area contributed by atoms with E-state index in [9.17, 15) is 4.79 Å². The summed E-state index contributed by atoms with van der Waals surface area (Å²) in [7, 11) is 0. The molecular weight excluding hydrogens is 192 g/mol. The standard InChI is InChI=1S/C11H14N2O2/c12-6-7-15-10-3-1-2-9-8(10)4-5-11(14)13-9/h1-3H,4-7,12H2,(H,13,14). The molecule has 0 aromatic heterocycles. The lowest BCUT2D eigenvalue weighted by atomic mass is 10.0. The van der Waals surface area contributed by atoms with E-state index in [0.29, 0.717) is 19.6 Å². The van der Waals surface area contributed by atoms with Crippen molar-refractivity contribution in [3.05, 3.63) is 23.8 Å². The summed E-state index contributed by atoms with van der Waals surface area (Å²) in [5.41, 5.74) is 7.32. The van der Waals surface area contributed by atoms with Gasteiger partial charge in [0.15, 0.2) is 0 Å². The van der Waals surface area contributed by atoms with Crippen LogP contribution in [-0.4, -0.2) is 19.1 Å². The predicted octanol–water partition coefficient (Wildman–Crippen LogP) is 0.909. The molecule has 3 N–H and O–H groups in total. The topological polar surface area (TPSA) is 64.3 Å². The zero-order valence-corrected chi connectivity index (χ0v) is 8.45. The first-order chi connectivity index (χ1) is 7.31. The summed E-state index contributed by atoms with van der Waals surface area (Å²) in [6, 6.07) is 5.67. The zero-order chi connectivity index (χ0) is 10.7. The van der Waals surface area contributed by atoms with E-state index < -0.39 is 0 Å². The van der Waals surface area contributed by atoms with Crippen LogP contribution in [0.25, 0.3) is 0 Å². The average molecular weight is 206 g/mol. The number of nitrogens with one attached hydrogen (secondary N) is 1. The monoisotopic (exact) mass is 206 g/mol. The molecule has 0 aliphatic carbocycles. The summed E-state index contributed by atoms with van der Waals surface area (Å²) in [5, 5.41) is 2.83. The molecule has 2 rings (SSSR count). The van der Waals surface area contributed by atoms with Gasteiger partial charge < -0.3 is 15.8 Å². The fourth-order valence-electron chi connectivity index (χ4n) is 1.70. The lowest BCUT2D eigenvalue weighted by Gasteiger charge is -2.19. The van der Waals surface area contributed by atoms with Gasteiger partial charge in [0.1, 0.15) is 12.4 Å². The summed E-state index contributed by atoms with van der Waals surface area (Å²) in [4.78, 5) is 11.2. The average Bonchev–Trinajstić information content (AvgIpc) is 2.25. The molecule has 0 bridgehead atoms. The molecular formula is C11H14N2O2. The van der Waals surface area contributed by atoms with Crippen LogP contribution in [0.15, 0.2) is 18.2 Å². The van der Waals surface area contributed by atoms with Crippen LogP contribution < -0.4 is 15.8 Å². The van der Waals surface area contributed by atoms with Gasteiger partial charge in [0, 0.05) is 24.2 Å². The van der Waals surface area contributed by atoms with Gasteiger partial charge in [-0.2, -0.15) is 0 Å². The molecule has 0 spiro atoms. The minimum atomic E-state index is 0.0680. The minimum Gasteiger partial charge on any atom is -0.492 e. The fourth-order valence-corrected chi connectivity index (χ4v) is 1.70. The van der Waals surface area contributed by atoms with Crippen LogP contribution in [0.5, 0.6) is 5.75 Å². The van der Waals surface area contributed by atoms with Gasteiger partial charge in [-0.25, -0.2) is 0 Å². The highest BCUT2D eigenvalue weighted by molar-refractivity contribution is 5.94. The Kier molecular flexibility index (Phi) is 2.87. The molecule has 1 aromatic carbocycles. The summed E-state index contributed by atoms with van der Waals surface area (Å²) < 4.78 is 5.51. The first kappa shape index (κ1) is 9.98. The maximum Gasteiger partial charge on any atom is 0.224 e. The van der Waals surface area contributed by atoms with Crippen molar-refractivity contribution in [3.63, 3.8) is 0 Å². The van der Waals surface area contributed by atoms with Gasteiger partial charge in [-0.05, 0) is 18.6 Å². The molecule has 15 heavy (non-hydrogen) atoms. The number of amides is 1. The summed E-state index contributed by atoms with van der Waals surface area (Å²) in [6.45, 7) is 1.00. The number of hydrogen-bond donors (Lipinski definition) is 2. The number of anilines is 1. The number of benzene rings is 1. The Labute approximate surface area is 88.4 Å². The maximum atomic E-state index is 11.2. The molecule has 0 unspecified atom stereocenters. The van der Waals surface area contributed by atoms with Crippen LogP contribution >= 0.6 is 0 Å². The number of fused-ring (bicyclic) bond motifs is 1. The molecule has 1 aromatic rings. The third-order valence-corrected chi connectivity index (χ3v) is 2.38. The first-order valence-corrected chi connectivity index (χ1v) is 5.06. The van der Waals surface area contributed by atoms with E-state index in [-0.39, 0.29) is 5.91 Å². The van der Waals surface area contributed by atoms with Gasteiger partial charge in [-0.15, -0.1) is 0 Å². The van der Waals surface area contributed by atoms with Crippen LogP contribution in [0, 0.1) is 0 Å². The van der Waals surface area contributed by atoms with Crippen molar-refractivity contribution < 1.29 is 9.53 Å². The normalized spacial score (nSPS) is 14.3. The second-order valence-electron chi connectivity index (χ2n) is 3.47. The first-order valence-electron chi connectivity index (χ1n) is 5.06. The van der Waals surface area contributed by atoms with Crippen LogP contribution in [0.1, 0.15) is 12.0 Å². The highest BCUT2D eigenvalue weighted by Gasteiger charge is 2.17. The summed E-state index contributed by atoms with van der Waals surface area (Å²) >= 11 is 0. The molecule has 0 radical (unpaired) electrons. The van der Waals surface area contributed by atoms with Crippen molar-refractivity contribution in [2.24, 2.45) is 5.73 Å². The van der Waals surface area contributed by atoms with Crippen LogP contribution in [0.4, 0.5) is 5.69 Å². The maximum absolute atomic E-state index is 11.2. The lowest BCUT2D eigenvalue weighted by Crippen LogP contribution is -2.20. The number of rotatable bonds is 3. The zero-order valence-electron chi connectivity index (χ0n) is 8.45. The second-order valence-corrected chi connectivity index (χ2v) is 3.47. The Hall–Kier alpha value is -1.55. The van der Waals surface area contributed by atoms with E-state index in [2.05, 4.69) is 5.32 Å². The highest BCUT2D eigenvalue weighted by Crippen LogP contribution is 2.30. The molecule has 80 valence electrons. The third-order valence-electron chi connectivity index (χ3n) is 2.38. The van der Waals surface area contributed by atoms with E-state index in [1.54, 1.807) is 0 Å². The minimum absolute atomic E-state index is 0.0680. The van der Waals surface area contributed by atoms with E-state index in [1.165, 1.54) is 0 Å². The third kappa shape index (κ3) is 2.10. The van der Waals surface area contributed by atoms with Crippen molar-refractivity contribution in [1.82, 2.24) is 0 Å². The Balaban J connectivity index is 2.25. The van der Waals surface area contributed by atoms with E-state index in [0.717, 1.165) is 23.4 Å². The molecule has 1 amide bonds. The predicted molar refractivity (Wildman–Crippen MR) is 57.9 cm³/mol. The second kappa shape index (κ2) is 4.31. The van der Waals surface area contributed by atoms with Crippen molar-refractivity contribution in [1.29, 1.82) is 0 Å². The Morgan fingerprint density at radius 3 is 3.07 bits per heavy atom. The molecule has 0 saturated carbocycles. The Morgan fingerprint density at radius 2 is 2.27 bits per heavy atom. The van der Waals surface area contributed by atoms with Gasteiger partial charge in [-0.1, -0.05) is 6.07 Å². The summed E-state index contributed by atoms with van der Waals surface area (Å²) in [6.07, 6.45) is 1.26. The van der Waals surface area contributed by atoms with Crippen LogP contribution in [0.3, 0.4) is 0 Å². The Bertz CT molecular complexity index is 377. The van der Waals surface area contributed by atoms with Gasteiger partial charge in [0.05, 0.1) is 0 Å². The van der Waals surface area contributed by atoms with Crippen molar-refractivity contribution >= 4 is 11.6 Å². The quantitative estimate of drug-likeness (QED) is 0.772. The molecule has 1 aliphatic heterocycles. The van der Waals surface area contributed by atoms with Crippen molar-refractivity contribution in [2.45, 2.75) is 12.8 Å². The number of nitrogens with two attached hydrogens (primary N) is 1. The SMILES string of the molecule is NCCOc1cccc2c1CCC(=O)N2. The molecule has 0 fully saturated rings. The van der Waals surface area contributed by atoms with Gasteiger partial charge in [0.25, 0.3) is 0 Å². The molecule has 1 heterocycles. The highest BCUT2D eigenvalue weighted by atomic mass is 16.5.